The van der Waals surface area contributed by atoms with Gasteiger partial charge in [0.1, 0.15) is 0 Å². The minimum atomic E-state index is 0.396. The minimum Gasteiger partial charge on any atom is -0.264 e. The number of hydrogen-bond acceptors (Lipinski definition) is 1. The van der Waals surface area contributed by atoms with Crippen molar-refractivity contribution in [1.82, 2.24) is 0 Å². The molecule has 0 aromatic heterocycles. The Hall–Kier alpha value is -1.89. The van der Waals surface area contributed by atoms with Crippen LogP contribution < -0.4 is 0 Å². The topological polar surface area (TPSA) is 12.4 Å². The highest BCUT2D eigenvalue weighted by Crippen LogP contribution is 2.34. The van der Waals surface area contributed by atoms with Gasteiger partial charge < -0.3 is 0 Å². The predicted octanol–water partition coefficient (Wildman–Crippen LogP) is 4.87. The van der Waals surface area contributed by atoms with Gasteiger partial charge in [0.05, 0.1) is 5.69 Å². The van der Waals surface area contributed by atoms with Crippen molar-refractivity contribution in [3.8, 4) is 0 Å². The molecule has 0 aliphatic rings. The zero-order valence-electron chi connectivity index (χ0n) is 11.1. The van der Waals surface area contributed by atoms with Gasteiger partial charge in [-0.1, -0.05) is 49.4 Å². The largest absolute Gasteiger partial charge is 0.264 e. The van der Waals surface area contributed by atoms with Crippen molar-refractivity contribution in [2.45, 2.75) is 26.2 Å². The summed E-state index contributed by atoms with van der Waals surface area (Å²) in [6.45, 7) is 7.99. The molecule has 0 N–H and O–H groups in total. The maximum Gasteiger partial charge on any atom is 0.0663 e. The summed E-state index contributed by atoms with van der Waals surface area (Å²) in [7, 11) is 0. The van der Waals surface area contributed by atoms with Crippen molar-refractivity contribution in [2.24, 2.45) is 4.99 Å². The van der Waals surface area contributed by atoms with E-state index < -0.39 is 0 Å². The third kappa shape index (κ3) is 2.51. The van der Waals surface area contributed by atoms with Crippen molar-refractivity contribution in [2.75, 3.05) is 0 Å². The van der Waals surface area contributed by atoms with Crippen LogP contribution in [0.15, 0.2) is 53.5 Å². The van der Waals surface area contributed by atoms with Gasteiger partial charge in [-0.15, -0.1) is 0 Å². The Morgan fingerprint density at radius 3 is 2.44 bits per heavy atom. The average molecular weight is 237 g/mol. The fourth-order valence-corrected chi connectivity index (χ4v) is 2.41. The zero-order chi connectivity index (χ0) is 13.0. The van der Waals surface area contributed by atoms with Crippen LogP contribution in [0.2, 0.25) is 0 Å². The van der Waals surface area contributed by atoms with Crippen LogP contribution >= 0.6 is 0 Å². The summed E-state index contributed by atoms with van der Waals surface area (Å²) in [4.78, 5) is 4.18. The summed E-state index contributed by atoms with van der Waals surface area (Å²) in [5.74, 6) is 0.396. The van der Waals surface area contributed by atoms with E-state index in [9.17, 15) is 0 Å². The molecule has 0 saturated carbocycles. The van der Waals surface area contributed by atoms with E-state index in [1.165, 1.54) is 16.7 Å². The van der Waals surface area contributed by atoms with Gasteiger partial charge >= 0.3 is 0 Å². The smallest absolute Gasteiger partial charge is 0.0663 e. The van der Waals surface area contributed by atoms with Crippen LogP contribution in [0.5, 0.6) is 0 Å². The molecule has 0 saturated heterocycles. The first-order chi connectivity index (χ1) is 8.76. The van der Waals surface area contributed by atoms with Crippen LogP contribution in [-0.4, -0.2) is 6.72 Å². The Balaban J connectivity index is 2.48. The first-order valence-electron chi connectivity index (χ1n) is 6.38. The number of rotatable bonds is 4. The van der Waals surface area contributed by atoms with E-state index in [0.717, 1.165) is 12.1 Å². The second kappa shape index (κ2) is 5.63. The second-order valence-corrected chi connectivity index (χ2v) is 4.59. The number of nitrogens with zero attached hydrogens (tertiary/aromatic N) is 1. The molecule has 1 atom stereocenters. The van der Waals surface area contributed by atoms with Gasteiger partial charge in [-0.2, -0.15) is 0 Å². The second-order valence-electron chi connectivity index (χ2n) is 4.59. The lowest BCUT2D eigenvalue weighted by molar-refractivity contribution is 0.778. The molecule has 1 nitrogen and oxygen atoms in total. The third-order valence-electron chi connectivity index (χ3n) is 3.34. The monoisotopic (exact) mass is 237 g/mol. The Kier molecular flexibility index (Phi) is 3.93. The van der Waals surface area contributed by atoms with Crippen molar-refractivity contribution < 1.29 is 0 Å². The lowest BCUT2D eigenvalue weighted by Crippen LogP contribution is -2.00. The molecule has 0 fully saturated rings. The van der Waals surface area contributed by atoms with Crippen LogP contribution in [0.3, 0.4) is 0 Å². The Morgan fingerprint density at radius 2 is 1.83 bits per heavy atom. The molecule has 0 aliphatic heterocycles. The first-order valence-corrected chi connectivity index (χ1v) is 6.38. The Labute approximate surface area is 109 Å². The molecule has 92 valence electrons. The fraction of sp³-hybridized carbons (Fsp3) is 0.235. The standard InChI is InChI=1S/C17H19N/c1-4-15(14-8-6-5-7-9-14)16-11-10-13(2)12-17(16)18-3/h5-12,15H,3-4H2,1-2H3/t15-/m0/s1. The normalized spacial score (nSPS) is 12.1. The van der Waals surface area contributed by atoms with Gasteiger partial charge in [-0.05, 0) is 42.8 Å². The molecule has 18 heavy (non-hydrogen) atoms. The SMILES string of the molecule is C=Nc1cc(C)ccc1[C@@H](CC)c1ccccc1. The Morgan fingerprint density at radius 1 is 1.11 bits per heavy atom. The number of hydrogen-bond donors (Lipinski definition) is 0. The highest BCUT2D eigenvalue weighted by molar-refractivity contribution is 5.56. The maximum absolute atomic E-state index is 4.18. The minimum absolute atomic E-state index is 0.396. The van der Waals surface area contributed by atoms with E-state index in [2.05, 4.69) is 74.1 Å². The predicted molar refractivity (Wildman–Crippen MR) is 79.0 cm³/mol. The van der Waals surface area contributed by atoms with E-state index in [1.54, 1.807) is 0 Å². The number of benzene rings is 2. The van der Waals surface area contributed by atoms with Crippen LogP contribution in [0, 0.1) is 6.92 Å². The average Bonchev–Trinajstić information content (AvgIpc) is 2.42. The van der Waals surface area contributed by atoms with Crippen LogP contribution in [-0.2, 0) is 0 Å². The molecule has 0 radical (unpaired) electrons. The molecule has 0 spiro atoms. The molecular formula is C17H19N. The molecule has 0 bridgehead atoms. The quantitative estimate of drug-likeness (QED) is 0.673. The molecule has 2 rings (SSSR count). The van der Waals surface area contributed by atoms with Gasteiger partial charge in [0.25, 0.3) is 0 Å². The van der Waals surface area contributed by atoms with Crippen LogP contribution in [0.4, 0.5) is 5.69 Å². The van der Waals surface area contributed by atoms with Crippen LogP contribution in [0.1, 0.15) is 36.0 Å². The molecule has 0 unspecified atom stereocenters. The van der Waals surface area contributed by atoms with Gasteiger partial charge in [-0.25, -0.2) is 0 Å². The van der Waals surface area contributed by atoms with Gasteiger partial charge in [0.2, 0.25) is 0 Å². The zero-order valence-corrected chi connectivity index (χ0v) is 11.1. The Bertz CT molecular complexity index is 529. The molecular weight excluding hydrogens is 218 g/mol. The van der Waals surface area contributed by atoms with Gasteiger partial charge in [0.15, 0.2) is 0 Å². The van der Waals surface area contributed by atoms with E-state index in [1.807, 2.05) is 0 Å². The van der Waals surface area contributed by atoms with E-state index in [4.69, 9.17) is 0 Å². The lowest BCUT2D eigenvalue weighted by Gasteiger charge is -2.18. The van der Waals surface area contributed by atoms with Crippen molar-refractivity contribution in [3.05, 3.63) is 65.2 Å². The van der Waals surface area contributed by atoms with Crippen molar-refractivity contribution >= 4 is 12.4 Å². The number of aliphatic imine (C=N–C) groups is 1. The van der Waals surface area contributed by atoms with Crippen LogP contribution in [0.25, 0.3) is 0 Å². The van der Waals surface area contributed by atoms with Gasteiger partial charge in [0, 0.05) is 5.92 Å². The molecule has 2 aromatic carbocycles. The first kappa shape index (κ1) is 12.6. The summed E-state index contributed by atoms with van der Waals surface area (Å²) < 4.78 is 0. The summed E-state index contributed by atoms with van der Waals surface area (Å²) in [6.07, 6.45) is 1.07. The number of aryl methyl sites for hydroxylation is 1. The van der Waals surface area contributed by atoms with Gasteiger partial charge in [-0.3, -0.25) is 4.99 Å². The van der Waals surface area contributed by atoms with E-state index >= 15 is 0 Å². The summed E-state index contributed by atoms with van der Waals surface area (Å²) in [5.41, 5.74) is 4.84. The molecule has 0 aliphatic carbocycles. The third-order valence-corrected chi connectivity index (χ3v) is 3.34. The molecule has 0 heterocycles. The maximum atomic E-state index is 4.18. The molecule has 2 aromatic rings. The molecule has 1 heteroatoms. The van der Waals surface area contributed by atoms with E-state index in [0.29, 0.717) is 5.92 Å². The van der Waals surface area contributed by atoms with E-state index in [-0.39, 0.29) is 0 Å². The summed E-state index contributed by atoms with van der Waals surface area (Å²) in [6, 6.07) is 17.0. The highest BCUT2D eigenvalue weighted by atomic mass is 14.7. The summed E-state index contributed by atoms with van der Waals surface area (Å²) >= 11 is 0. The van der Waals surface area contributed by atoms with Crippen molar-refractivity contribution in [1.29, 1.82) is 0 Å². The summed E-state index contributed by atoms with van der Waals surface area (Å²) in [5, 5.41) is 0. The van der Waals surface area contributed by atoms with Crippen molar-refractivity contribution in [3.63, 3.8) is 0 Å². The lowest BCUT2D eigenvalue weighted by atomic mass is 9.87. The molecule has 0 amide bonds. The highest BCUT2D eigenvalue weighted by Gasteiger charge is 2.15. The fourth-order valence-electron chi connectivity index (χ4n) is 2.41.